The van der Waals surface area contributed by atoms with Gasteiger partial charge in [0, 0.05) is 18.0 Å². The van der Waals surface area contributed by atoms with E-state index in [1.54, 1.807) is 18.3 Å². The summed E-state index contributed by atoms with van der Waals surface area (Å²) < 4.78 is 12.3. The highest BCUT2D eigenvalue weighted by Gasteiger charge is 2.44. The van der Waals surface area contributed by atoms with Crippen LogP contribution in [0, 0.1) is 0 Å². The number of aryl methyl sites for hydroxylation is 1. The SMILES string of the molecule is CCCc1cnc2c(O[C@@H]3O[C@H](CO)[C@@H](O)[C@H](O)[C@H]3O)cccn2c1=O. The molecule has 4 N–H and O–H groups in total. The number of aliphatic hydroxyl groups is 4. The van der Waals surface area contributed by atoms with Gasteiger partial charge >= 0.3 is 0 Å². The lowest BCUT2D eigenvalue weighted by molar-refractivity contribution is -0.277. The summed E-state index contributed by atoms with van der Waals surface area (Å²) in [5, 5.41) is 39.0. The Bertz CT molecular complexity index is 822. The zero-order valence-corrected chi connectivity index (χ0v) is 14.2. The van der Waals surface area contributed by atoms with Crippen molar-refractivity contribution in [2.24, 2.45) is 0 Å². The van der Waals surface area contributed by atoms with Gasteiger partial charge in [0.05, 0.1) is 6.61 Å². The number of pyridine rings is 1. The second-order valence-corrected chi connectivity index (χ2v) is 6.22. The van der Waals surface area contributed by atoms with Crippen LogP contribution in [0.2, 0.25) is 0 Å². The van der Waals surface area contributed by atoms with Gasteiger partial charge in [0.15, 0.2) is 11.4 Å². The number of hydrogen-bond donors (Lipinski definition) is 4. The summed E-state index contributed by atoms with van der Waals surface area (Å²) in [7, 11) is 0. The largest absolute Gasteiger partial charge is 0.458 e. The molecule has 0 bridgehead atoms. The second-order valence-electron chi connectivity index (χ2n) is 6.22. The van der Waals surface area contributed by atoms with Crippen LogP contribution in [0.4, 0.5) is 0 Å². The first-order valence-corrected chi connectivity index (χ1v) is 8.44. The van der Waals surface area contributed by atoms with Gasteiger partial charge in [0.1, 0.15) is 24.4 Å². The summed E-state index contributed by atoms with van der Waals surface area (Å²) >= 11 is 0. The molecule has 2 aromatic heterocycles. The Morgan fingerprint density at radius 3 is 2.73 bits per heavy atom. The third-order valence-corrected chi connectivity index (χ3v) is 4.38. The number of nitrogens with zero attached hydrogens (tertiary/aromatic N) is 2. The van der Waals surface area contributed by atoms with Crippen LogP contribution in [0.5, 0.6) is 5.75 Å². The third-order valence-electron chi connectivity index (χ3n) is 4.38. The summed E-state index contributed by atoms with van der Waals surface area (Å²) in [5.74, 6) is 0.164. The molecule has 0 spiro atoms. The van der Waals surface area contributed by atoms with Gasteiger partial charge in [-0.05, 0) is 18.6 Å². The van der Waals surface area contributed by atoms with Crippen LogP contribution < -0.4 is 10.3 Å². The highest BCUT2D eigenvalue weighted by molar-refractivity contribution is 5.53. The first kappa shape index (κ1) is 18.7. The van der Waals surface area contributed by atoms with E-state index < -0.39 is 37.3 Å². The van der Waals surface area contributed by atoms with E-state index in [2.05, 4.69) is 4.98 Å². The maximum atomic E-state index is 12.5. The average Bonchev–Trinajstić information content (AvgIpc) is 2.65. The Kier molecular flexibility index (Phi) is 5.54. The molecule has 1 aliphatic heterocycles. The molecule has 1 fully saturated rings. The number of aromatic nitrogens is 2. The van der Waals surface area contributed by atoms with Crippen molar-refractivity contribution in [1.82, 2.24) is 9.38 Å². The van der Waals surface area contributed by atoms with Crippen molar-refractivity contribution in [1.29, 1.82) is 0 Å². The Morgan fingerprint density at radius 2 is 2.04 bits per heavy atom. The summed E-state index contributed by atoms with van der Waals surface area (Å²) in [6, 6.07) is 3.13. The van der Waals surface area contributed by atoms with Crippen LogP contribution in [0.15, 0.2) is 29.3 Å². The van der Waals surface area contributed by atoms with Crippen LogP contribution in [-0.2, 0) is 11.2 Å². The van der Waals surface area contributed by atoms with Crippen LogP contribution in [0.25, 0.3) is 5.65 Å². The molecule has 2 aromatic rings. The van der Waals surface area contributed by atoms with Gasteiger partial charge in [0.2, 0.25) is 6.29 Å². The van der Waals surface area contributed by atoms with Crippen LogP contribution in [-0.4, -0.2) is 67.1 Å². The van der Waals surface area contributed by atoms with E-state index in [-0.39, 0.29) is 17.0 Å². The van der Waals surface area contributed by atoms with E-state index in [9.17, 15) is 25.2 Å². The molecule has 9 nitrogen and oxygen atoms in total. The molecular formula is C17H22N2O7. The lowest BCUT2D eigenvalue weighted by Gasteiger charge is -2.39. The second kappa shape index (κ2) is 7.68. The highest BCUT2D eigenvalue weighted by Crippen LogP contribution is 2.25. The summed E-state index contributed by atoms with van der Waals surface area (Å²) in [6.07, 6.45) is -2.53. The molecule has 3 rings (SSSR count). The summed E-state index contributed by atoms with van der Waals surface area (Å²) in [4.78, 5) is 16.8. The fourth-order valence-corrected chi connectivity index (χ4v) is 2.94. The molecule has 26 heavy (non-hydrogen) atoms. The summed E-state index contributed by atoms with van der Waals surface area (Å²) in [5.41, 5.74) is 0.598. The highest BCUT2D eigenvalue weighted by atomic mass is 16.7. The lowest BCUT2D eigenvalue weighted by Crippen LogP contribution is -2.60. The fourth-order valence-electron chi connectivity index (χ4n) is 2.94. The molecular weight excluding hydrogens is 344 g/mol. The van der Waals surface area contributed by atoms with Gasteiger partial charge < -0.3 is 29.9 Å². The Balaban J connectivity index is 1.93. The van der Waals surface area contributed by atoms with Crippen molar-refractivity contribution >= 4 is 5.65 Å². The number of hydrogen-bond acceptors (Lipinski definition) is 8. The molecule has 0 amide bonds. The lowest BCUT2D eigenvalue weighted by atomic mass is 9.99. The molecule has 0 aromatic carbocycles. The van der Waals surface area contributed by atoms with Crippen LogP contribution >= 0.6 is 0 Å². The number of ether oxygens (including phenoxy) is 2. The molecule has 0 saturated carbocycles. The van der Waals surface area contributed by atoms with E-state index >= 15 is 0 Å². The Labute approximate surface area is 149 Å². The zero-order valence-electron chi connectivity index (χ0n) is 14.2. The standard InChI is InChI=1S/C17H22N2O7/c1-2-4-9-7-18-15-10(5-3-6-19(15)16(9)24)25-17-14(23)13(22)12(21)11(8-20)26-17/h3,5-7,11-14,17,20-23H,2,4,8H2,1H3/t11-,12-,13+,14-,17-/m1/s1. The van der Waals surface area contributed by atoms with Crippen LogP contribution in [0.1, 0.15) is 18.9 Å². The molecule has 142 valence electrons. The molecule has 1 saturated heterocycles. The quantitative estimate of drug-likeness (QED) is 0.520. The predicted molar refractivity (Wildman–Crippen MR) is 89.9 cm³/mol. The molecule has 0 unspecified atom stereocenters. The monoisotopic (exact) mass is 366 g/mol. The van der Waals surface area contributed by atoms with Crippen molar-refractivity contribution in [3.8, 4) is 5.75 Å². The van der Waals surface area contributed by atoms with Gasteiger partial charge in [-0.1, -0.05) is 13.3 Å². The minimum atomic E-state index is -1.55. The molecule has 0 aliphatic carbocycles. The predicted octanol–water partition coefficient (Wildman–Crippen LogP) is -1.17. The molecule has 0 radical (unpaired) electrons. The van der Waals surface area contributed by atoms with Crippen molar-refractivity contribution < 1.29 is 29.9 Å². The Morgan fingerprint density at radius 1 is 1.27 bits per heavy atom. The van der Waals surface area contributed by atoms with E-state index in [0.29, 0.717) is 12.0 Å². The van der Waals surface area contributed by atoms with Gasteiger partial charge in [0.25, 0.3) is 5.56 Å². The number of fused-ring (bicyclic) bond motifs is 1. The molecule has 5 atom stereocenters. The smallest absolute Gasteiger partial charge is 0.261 e. The van der Waals surface area contributed by atoms with E-state index in [1.807, 2.05) is 6.92 Å². The number of aliphatic hydroxyl groups excluding tert-OH is 4. The van der Waals surface area contributed by atoms with Gasteiger partial charge in [-0.3, -0.25) is 9.20 Å². The third kappa shape index (κ3) is 3.31. The summed E-state index contributed by atoms with van der Waals surface area (Å²) in [6.45, 7) is 1.41. The molecule has 3 heterocycles. The minimum absolute atomic E-state index is 0.164. The average molecular weight is 366 g/mol. The van der Waals surface area contributed by atoms with Crippen molar-refractivity contribution in [3.63, 3.8) is 0 Å². The first-order chi connectivity index (χ1) is 12.5. The van der Waals surface area contributed by atoms with Crippen molar-refractivity contribution in [2.45, 2.75) is 50.5 Å². The maximum absolute atomic E-state index is 12.5. The van der Waals surface area contributed by atoms with E-state index in [1.165, 1.54) is 10.6 Å². The maximum Gasteiger partial charge on any atom is 0.261 e. The molecule has 9 heteroatoms. The van der Waals surface area contributed by atoms with E-state index in [4.69, 9.17) is 9.47 Å². The van der Waals surface area contributed by atoms with Gasteiger partial charge in [-0.25, -0.2) is 4.98 Å². The van der Waals surface area contributed by atoms with E-state index in [0.717, 1.165) is 6.42 Å². The van der Waals surface area contributed by atoms with Crippen molar-refractivity contribution in [2.75, 3.05) is 6.61 Å². The first-order valence-electron chi connectivity index (χ1n) is 8.44. The van der Waals surface area contributed by atoms with Crippen molar-refractivity contribution in [3.05, 3.63) is 40.4 Å². The minimum Gasteiger partial charge on any atom is -0.458 e. The van der Waals surface area contributed by atoms with Gasteiger partial charge in [-0.15, -0.1) is 0 Å². The number of rotatable bonds is 5. The van der Waals surface area contributed by atoms with Gasteiger partial charge in [-0.2, -0.15) is 0 Å². The zero-order chi connectivity index (χ0) is 18.8. The Hall–Kier alpha value is -2.04. The normalized spacial score (nSPS) is 29.0. The topological polar surface area (TPSA) is 134 Å². The van der Waals surface area contributed by atoms with Crippen LogP contribution in [0.3, 0.4) is 0 Å². The molecule has 1 aliphatic rings. The fraction of sp³-hybridized carbons (Fsp3) is 0.529.